The normalized spacial score (nSPS) is 12.3. The van der Waals surface area contributed by atoms with Gasteiger partial charge in [-0.1, -0.05) is 23.7 Å². The van der Waals surface area contributed by atoms with Crippen molar-refractivity contribution in [3.05, 3.63) is 63.9 Å². The van der Waals surface area contributed by atoms with Crippen LogP contribution in [0.1, 0.15) is 22.1 Å². The fraction of sp³-hybridized carbons (Fsp3) is 0.200. The second kappa shape index (κ2) is 5.81. The fourth-order valence-corrected chi connectivity index (χ4v) is 2.59. The third-order valence-electron chi connectivity index (χ3n) is 2.97. The summed E-state index contributed by atoms with van der Waals surface area (Å²) in [5.74, 6) is 0.336. The van der Waals surface area contributed by atoms with Crippen LogP contribution in [0.3, 0.4) is 0 Å². The molecule has 19 heavy (non-hydrogen) atoms. The van der Waals surface area contributed by atoms with E-state index >= 15 is 0 Å². The molecule has 0 saturated heterocycles. The number of hydrogen-bond donors (Lipinski definition) is 0. The van der Waals surface area contributed by atoms with Crippen LogP contribution in [0.4, 0.5) is 4.39 Å². The van der Waals surface area contributed by atoms with Crippen LogP contribution < -0.4 is 4.74 Å². The smallest absolute Gasteiger partial charge is 0.137 e. The number of aryl methyl sites for hydroxylation is 1. The van der Waals surface area contributed by atoms with Crippen LogP contribution in [0, 0.1) is 12.7 Å². The topological polar surface area (TPSA) is 9.23 Å². The lowest BCUT2D eigenvalue weighted by Gasteiger charge is -2.14. The molecule has 0 fully saturated rings. The number of rotatable bonds is 3. The van der Waals surface area contributed by atoms with Crippen molar-refractivity contribution >= 4 is 23.2 Å². The number of alkyl halides is 1. The largest absolute Gasteiger partial charge is 0.495 e. The number of methoxy groups -OCH3 is 1. The second-order valence-corrected chi connectivity index (χ2v) is 5.10. The minimum Gasteiger partial charge on any atom is -0.495 e. The van der Waals surface area contributed by atoms with Gasteiger partial charge in [0, 0.05) is 0 Å². The Bertz CT molecular complexity index is 599. The van der Waals surface area contributed by atoms with E-state index in [0.29, 0.717) is 10.8 Å². The van der Waals surface area contributed by atoms with Crippen molar-refractivity contribution in [1.82, 2.24) is 0 Å². The molecule has 1 nitrogen and oxygen atoms in total. The van der Waals surface area contributed by atoms with Crippen molar-refractivity contribution in [1.29, 1.82) is 0 Å². The van der Waals surface area contributed by atoms with Crippen LogP contribution >= 0.6 is 23.2 Å². The average molecular weight is 299 g/mol. The standard InChI is InChI=1S/C15H13Cl2FO/c1-9-7-11(18)4-5-12(9)15(17)10-3-6-14(19-2)13(16)8-10/h3-8,15H,1-2H3. The molecule has 0 N–H and O–H groups in total. The van der Waals surface area contributed by atoms with Crippen molar-refractivity contribution in [2.24, 2.45) is 0 Å². The number of ether oxygens (including phenoxy) is 1. The molecule has 0 spiro atoms. The van der Waals surface area contributed by atoms with Gasteiger partial charge in [-0.2, -0.15) is 0 Å². The average Bonchev–Trinajstić information content (AvgIpc) is 2.38. The summed E-state index contributed by atoms with van der Waals surface area (Å²) in [6.07, 6.45) is 0. The number of halogens is 3. The Morgan fingerprint density at radius 1 is 1.16 bits per heavy atom. The molecule has 2 aromatic carbocycles. The molecule has 0 saturated carbocycles. The lowest BCUT2D eigenvalue weighted by atomic mass is 10.00. The molecular formula is C15H13Cl2FO. The molecule has 4 heteroatoms. The maximum Gasteiger partial charge on any atom is 0.137 e. The van der Waals surface area contributed by atoms with Gasteiger partial charge in [-0.05, 0) is 47.9 Å². The minimum atomic E-state index is -0.371. The monoisotopic (exact) mass is 298 g/mol. The van der Waals surface area contributed by atoms with Crippen LogP contribution in [0.15, 0.2) is 36.4 Å². The van der Waals surface area contributed by atoms with Crippen molar-refractivity contribution in [3.8, 4) is 5.75 Å². The molecule has 1 atom stereocenters. The van der Waals surface area contributed by atoms with Crippen molar-refractivity contribution in [2.75, 3.05) is 7.11 Å². The van der Waals surface area contributed by atoms with Gasteiger partial charge in [0.15, 0.2) is 0 Å². The lowest BCUT2D eigenvalue weighted by molar-refractivity contribution is 0.415. The van der Waals surface area contributed by atoms with Crippen LogP contribution in [-0.2, 0) is 0 Å². The Kier molecular flexibility index (Phi) is 4.33. The van der Waals surface area contributed by atoms with E-state index in [-0.39, 0.29) is 11.2 Å². The molecule has 0 aliphatic carbocycles. The Labute approximate surface area is 121 Å². The first kappa shape index (κ1) is 14.2. The van der Waals surface area contributed by atoms with Crippen LogP contribution in [0.5, 0.6) is 5.75 Å². The zero-order valence-electron chi connectivity index (χ0n) is 10.6. The minimum absolute atomic E-state index is 0.266. The van der Waals surface area contributed by atoms with Gasteiger partial charge in [0.25, 0.3) is 0 Å². The van der Waals surface area contributed by atoms with Gasteiger partial charge in [-0.25, -0.2) is 4.39 Å². The van der Waals surface area contributed by atoms with E-state index < -0.39 is 0 Å². The predicted molar refractivity (Wildman–Crippen MR) is 76.8 cm³/mol. The van der Waals surface area contributed by atoms with E-state index in [1.54, 1.807) is 25.3 Å². The zero-order chi connectivity index (χ0) is 14.0. The number of benzene rings is 2. The van der Waals surface area contributed by atoms with Crippen LogP contribution in [-0.4, -0.2) is 7.11 Å². The molecule has 0 bridgehead atoms. The fourth-order valence-electron chi connectivity index (χ4n) is 1.94. The van der Waals surface area contributed by atoms with E-state index in [2.05, 4.69) is 0 Å². The summed E-state index contributed by atoms with van der Waals surface area (Å²) in [4.78, 5) is 0. The van der Waals surface area contributed by atoms with Crippen molar-refractivity contribution < 1.29 is 9.13 Å². The SMILES string of the molecule is COc1ccc(C(Cl)c2ccc(F)cc2C)cc1Cl. The van der Waals surface area contributed by atoms with E-state index in [4.69, 9.17) is 27.9 Å². The summed E-state index contributed by atoms with van der Waals surface area (Å²) >= 11 is 12.5. The lowest BCUT2D eigenvalue weighted by Crippen LogP contribution is -1.97. The molecule has 0 aliphatic rings. The third-order valence-corrected chi connectivity index (χ3v) is 3.76. The van der Waals surface area contributed by atoms with Crippen LogP contribution in [0.25, 0.3) is 0 Å². The van der Waals surface area contributed by atoms with Gasteiger partial charge in [0.1, 0.15) is 11.6 Å². The maximum absolute atomic E-state index is 13.1. The van der Waals surface area contributed by atoms with E-state index in [0.717, 1.165) is 16.7 Å². The van der Waals surface area contributed by atoms with Crippen LogP contribution in [0.2, 0.25) is 5.02 Å². The van der Waals surface area contributed by atoms with Gasteiger partial charge in [-0.3, -0.25) is 0 Å². The highest BCUT2D eigenvalue weighted by atomic mass is 35.5. The first-order valence-corrected chi connectivity index (χ1v) is 6.58. The van der Waals surface area contributed by atoms with Crippen molar-refractivity contribution in [3.63, 3.8) is 0 Å². The molecule has 0 radical (unpaired) electrons. The molecule has 2 aromatic rings. The third kappa shape index (κ3) is 3.02. The Balaban J connectivity index is 2.38. The summed E-state index contributed by atoms with van der Waals surface area (Å²) in [6, 6.07) is 9.96. The second-order valence-electron chi connectivity index (χ2n) is 4.26. The zero-order valence-corrected chi connectivity index (χ0v) is 12.1. The summed E-state index contributed by atoms with van der Waals surface area (Å²) in [5, 5.41) is 0.134. The number of hydrogen-bond acceptors (Lipinski definition) is 1. The predicted octanol–water partition coefficient (Wildman–Crippen LogP) is 5.12. The molecule has 0 aliphatic heterocycles. The quantitative estimate of drug-likeness (QED) is 0.714. The summed E-state index contributed by atoms with van der Waals surface area (Å²) in [7, 11) is 1.56. The summed E-state index contributed by atoms with van der Waals surface area (Å²) in [5.41, 5.74) is 2.53. The molecule has 0 aromatic heterocycles. The van der Waals surface area contributed by atoms with Gasteiger partial charge >= 0.3 is 0 Å². The van der Waals surface area contributed by atoms with Gasteiger partial charge < -0.3 is 4.74 Å². The Morgan fingerprint density at radius 3 is 2.47 bits per heavy atom. The highest BCUT2D eigenvalue weighted by Crippen LogP contribution is 2.35. The molecular weight excluding hydrogens is 286 g/mol. The molecule has 0 amide bonds. The van der Waals surface area contributed by atoms with E-state index in [1.165, 1.54) is 12.1 Å². The Morgan fingerprint density at radius 2 is 1.89 bits per heavy atom. The van der Waals surface area contributed by atoms with E-state index in [1.807, 2.05) is 13.0 Å². The van der Waals surface area contributed by atoms with Gasteiger partial charge in [0.2, 0.25) is 0 Å². The molecule has 0 heterocycles. The first-order valence-electron chi connectivity index (χ1n) is 5.76. The van der Waals surface area contributed by atoms with Gasteiger partial charge in [0.05, 0.1) is 17.5 Å². The highest BCUT2D eigenvalue weighted by Gasteiger charge is 2.15. The maximum atomic E-state index is 13.1. The van der Waals surface area contributed by atoms with Crippen molar-refractivity contribution in [2.45, 2.75) is 12.3 Å². The molecule has 1 unspecified atom stereocenters. The Hall–Kier alpha value is -1.25. The molecule has 100 valence electrons. The summed E-state index contributed by atoms with van der Waals surface area (Å²) < 4.78 is 18.2. The molecule has 2 rings (SSSR count). The highest BCUT2D eigenvalue weighted by molar-refractivity contribution is 6.32. The first-order chi connectivity index (χ1) is 9.02. The summed E-state index contributed by atoms with van der Waals surface area (Å²) in [6.45, 7) is 1.83. The van der Waals surface area contributed by atoms with Gasteiger partial charge in [-0.15, -0.1) is 11.6 Å². The van der Waals surface area contributed by atoms with E-state index in [9.17, 15) is 4.39 Å².